The van der Waals surface area contributed by atoms with Gasteiger partial charge >= 0.3 is 5.97 Å². The third kappa shape index (κ3) is 5.58. The van der Waals surface area contributed by atoms with Crippen molar-refractivity contribution in [2.45, 2.75) is 56.5 Å². The number of aromatic nitrogens is 4. The van der Waals surface area contributed by atoms with Crippen LogP contribution in [0.4, 0.5) is 17.5 Å². The number of rotatable bonds is 5. The number of hydrogen-bond donors (Lipinski definition) is 2. The first-order valence-corrected chi connectivity index (χ1v) is 15.6. The van der Waals surface area contributed by atoms with E-state index in [-0.39, 0.29) is 23.7 Å². The lowest BCUT2D eigenvalue weighted by Crippen LogP contribution is -2.58. The van der Waals surface area contributed by atoms with Crippen LogP contribution in [0.15, 0.2) is 42.6 Å². The number of piperidine rings is 1. The van der Waals surface area contributed by atoms with Crippen LogP contribution in [0, 0.1) is 5.92 Å². The summed E-state index contributed by atoms with van der Waals surface area (Å²) in [5, 5.41) is 22.6. The molecule has 3 fully saturated rings. The number of hydrogen-bond acceptors (Lipinski definition) is 11. The molecule has 226 valence electrons. The van der Waals surface area contributed by atoms with E-state index in [4.69, 9.17) is 14.7 Å². The largest absolute Gasteiger partial charge is 0.507 e. The molecule has 43 heavy (non-hydrogen) atoms. The molecular weight excluding hydrogens is 544 g/mol. The number of anilines is 3. The van der Waals surface area contributed by atoms with E-state index >= 15 is 0 Å². The predicted molar refractivity (Wildman–Crippen MR) is 164 cm³/mol. The van der Waals surface area contributed by atoms with Gasteiger partial charge in [0.05, 0.1) is 30.5 Å². The summed E-state index contributed by atoms with van der Waals surface area (Å²) in [4.78, 5) is 29.1. The van der Waals surface area contributed by atoms with Crippen molar-refractivity contribution in [2.24, 2.45) is 5.92 Å². The summed E-state index contributed by atoms with van der Waals surface area (Å²) in [6.45, 7) is 5.39. The van der Waals surface area contributed by atoms with Gasteiger partial charge in [-0.2, -0.15) is 0 Å². The van der Waals surface area contributed by atoms with Crippen molar-refractivity contribution in [1.82, 2.24) is 25.1 Å². The van der Waals surface area contributed by atoms with Gasteiger partial charge in [-0.25, -0.2) is 9.97 Å². The van der Waals surface area contributed by atoms with Gasteiger partial charge in [-0.15, -0.1) is 10.2 Å². The maximum Gasteiger partial charge on any atom is 0.308 e. The van der Waals surface area contributed by atoms with Crippen LogP contribution in [0.25, 0.3) is 11.3 Å². The molecular formula is C32H40N8O3. The van der Waals surface area contributed by atoms with E-state index in [0.717, 1.165) is 101 Å². The minimum absolute atomic E-state index is 0.0460. The zero-order chi connectivity index (χ0) is 29.3. The fraction of sp³-hybridized carbons (Fsp3) is 0.531. The second kappa shape index (κ2) is 11.9. The standard InChI is InChI=1S/C32H40N8O3/c1-43-31(42)22-6-8-23(9-7-22)38-14-11-21(12-15-38)26-10-13-33-32(35-26)39-16-17-40-24(20-39)19-34-30-28(40)18-27(36-37-30)25-4-2-3-5-29(25)41/h2-5,10,13,18,21-24,41H,6-9,11-12,14-17,19-20H2,1H3,(H,34,37)/t22?,23?,24-/m1/s1. The number of carbonyl (C=O) groups excluding carboxylic acids is 1. The van der Waals surface area contributed by atoms with Crippen LogP contribution in [-0.2, 0) is 9.53 Å². The maximum atomic E-state index is 11.9. The summed E-state index contributed by atoms with van der Waals surface area (Å²) in [5.74, 6) is 2.27. The van der Waals surface area contributed by atoms with Crippen molar-refractivity contribution in [2.75, 3.05) is 61.5 Å². The summed E-state index contributed by atoms with van der Waals surface area (Å²) in [5.41, 5.74) is 3.51. The van der Waals surface area contributed by atoms with Crippen molar-refractivity contribution in [1.29, 1.82) is 0 Å². The molecule has 0 amide bonds. The van der Waals surface area contributed by atoms with Gasteiger partial charge in [0, 0.05) is 55.6 Å². The molecule has 2 aromatic heterocycles. The maximum absolute atomic E-state index is 11.9. The Kier molecular flexibility index (Phi) is 7.73. The lowest BCUT2D eigenvalue weighted by molar-refractivity contribution is -0.147. The average molecular weight is 585 g/mol. The summed E-state index contributed by atoms with van der Waals surface area (Å²) in [6.07, 6.45) is 8.16. The molecule has 3 aromatic rings. The Morgan fingerprint density at radius 3 is 2.58 bits per heavy atom. The zero-order valence-corrected chi connectivity index (χ0v) is 24.7. The Morgan fingerprint density at radius 2 is 1.79 bits per heavy atom. The van der Waals surface area contributed by atoms with Gasteiger partial charge in [-0.3, -0.25) is 4.79 Å². The van der Waals surface area contributed by atoms with E-state index in [1.807, 2.05) is 30.5 Å². The third-order valence-corrected chi connectivity index (χ3v) is 9.89. The molecule has 5 heterocycles. The number of nitrogens with one attached hydrogen (secondary N) is 1. The lowest BCUT2D eigenvalue weighted by Gasteiger charge is -2.45. The Bertz CT molecular complexity index is 1450. The molecule has 0 radical (unpaired) electrons. The van der Waals surface area contributed by atoms with Crippen LogP contribution in [0.2, 0.25) is 0 Å². The van der Waals surface area contributed by atoms with Crippen molar-refractivity contribution in [3.05, 3.63) is 48.3 Å². The third-order valence-electron chi connectivity index (χ3n) is 9.89. The summed E-state index contributed by atoms with van der Waals surface area (Å²) >= 11 is 0. The SMILES string of the molecule is COC(=O)C1CCC(N2CCC(c3ccnc(N4CCN5c6cc(-c7ccccc7O)nnc6NC[C@@H]5C4)n3)CC2)CC1. The van der Waals surface area contributed by atoms with E-state index in [0.29, 0.717) is 23.2 Å². The number of piperazine rings is 1. The molecule has 0 spiro atoms. The first kappa shape index (κ1) is 27.8. The number of para-hydroxylation sites is 1. The first-order chi connectivity index (χ1) is 21.1. The highest BCUT2D eigenvalue weighted by Crippen LogP contribution is 2.37. The number of benzene rings is 1. The number of ether oxygens (including phenoxy) is 1. The number of aromatic hydroxyl groups is 1. The molecule has 0 bridgehead atoms. The number of nitrogens with zero attached hydrogens (tertiary/aromatic N) is 7. The van der Waals surface area contributed by atoms with Gasteiger partial charge in [0.15, 0.2) is 5.82 Å². The highest BCUT2D eigenvalue weighted by atomic mass is 16.5. The number of phenolic OH excluding ortho intramolecular Hbond substituents is 1. The molecule has 4 aliphatic rings. The van der Waals surface area contributed by atoms with Crippen LogP contribution >= 0.6 is 0 Å². The Labute approximate surface area is 252 Å². The smallest absolute Gasteiger partial charge is 0.308 e. The summed E-state index contributed by atoms with van der Waals surface area (Å²) in [7, 11) is 1.49. The fourth-order valence-electron chi connectivity index (χ4n) is 7.44. The Balaban J connectivity index is 0.979. The van der Waals surface area contributed by atoms with E-state index in [9.17, 15) is 9.90 Å². The van der Waals surface area contributed by atoms with Gasteiger partial charge in [-0.05, 0) is 75.9 Å². The van der Waals surface area contributed by atoms with E-state index in [2.05, 4.69) is 36.3 Å². The van der Waals surface area contributed by atoms with Crippen LogP contribution in [0.5, 0.6) is 5.75 Å². The number of methoxy groups -OCH3 is 1. The molecule has 1 aromatic carbocycles. The van der Waals surface area contributed by atoms with Crippen LogP contribution in [-0.4, -0.2) is 94.6 Å². The highest BCUT2D eigenvalue weighted by Gasteiger charge is 2.35. The minimum atomic E-state index is -0.0460. The second-order valence-corrected chi connectivity index (χ2v) is 12.3. The number of phenols is 1. The predicted octanol–water partition coefficient (Wildman–Crippen LogP) is 3.67. The molecule has 11 heteroatoms. The second-order valence-electron chi connectivity index (χ2n) is 12.3. The number of fused-ring (bicyclic) bond motifs is 3. The minimum Gasteiger partial charge on any atom is -0.507 e. The molecule has 11 nitrogen and oxygen atoms in total. The normalized spacial score (nSPS) is 24.5. The summed E-state index contributed by atoms with van der Waals surface area (Å²) < 4.78 is 4.96. The quantitative estimate of drug-likeness (QED) is 0.428. The van der Waals surface area contributed by atoms with E-state index in [1.165, 1.54) is 7.11 Å². The molecule has 0 unspecified atom stereocenters. The highest BCUT2D eigenvalue weighted by molar-refractivity contribution is 5.76. The van der Waals surface area contributed by atoms with Crippen molar-refractivity contribution < 1.29 is 14.6 Å². The molecule has 1 saturated carbocycles. The monoisotopic (exact) mass is 584 g/mol. The molecule has 1 atom stereocenters. The first-order valence-electron chi connectivity index (χ1n) is 15.6. The van der Waals surface area contributed by atoms with E-state index in [1.54, 1.807) is 6.07 Å². The van der Waals surface area contributed by atoms with Crippen LogP contribution in [0.1, 0.15) is 50.1 Å². The Hall–Kier alpha value is -3.99. The topological polar surface area (TPSA) is 120 Å². The van der Waals surface area contributed by atoms with Gasteiger partial charge in [0.25, 0.3) is 0 Å². The van der Waals surface area contributed by atoms with Crippen molar-refractivity contribution >= 4 is 23.4 Å². The van der Waals surface area contributed by atoms with Crippen LogP contribution in [0.3, 0.4) is 0 Å². The van der Waals surface area contributed by atoms with Gasteiger partial charge in [0.1, 0.15) is 5.75 Å². The van der Waals surface area contributed by atoms with E-state index < -0.39 is 0 Å². The van der Waals surface area contributed by atoms with Gasteiger partial charge in [0.2, 0.25) is 5.95 Å². The van der Waals surface area contributed by atoms with Crippen LogP contribution < -0.4 is 15.1 Å². The zero-order valence-electron chi connectivity index (χ0n) is 24.7. The molecule has 2 saturated heterocycles. The van der Waals surface area contributed by atoms with Gasteiger partial charge in [-0.1, -0.05) is 12.1 Å². The number of carbonyl (C=O) groups is 1. The van der Waals surface area contributed by atoms with Gasteiger partial charge < -0.3 is 29.9 Å². The Morgan fingerprint density at radius 1 is 0.977 bits per heavy atom. The molecule has 7 rings (SSSR count). The molecule has 3 aliphatic heterocycles. The molecule has 1 aliphatic carbocycles. The van der Waals surface area contributed by atoms with Crippen molar-refractivity contribution in [3.8, 4) is 17.0 Å². The lowest BCUT2D eigenvalue weighted by atomic mass is 9.83. The average Bonchev–Trinajstić information content (AvgIpc) is 3.08. The molecule has 2 N–H and O–H groups in total. The van der Waals surface area contributed by atoms with Crippen molar-refractivity contribution in [3.63, 3.8) is 0 Å². The fourth-order valence-corrected chi connectivity index (χ4v) is 7.44. The summed E-state index contributed by atoms with van der Waals surface area (Å²) in [6, 6.07) is 12.2. The number of esters is 1. The number of likely N-dealkylation sites (tertiary alicyclic amines) is 1.